The molecule has 1 atom stereocenters. The molecule has 0 amide bonds. The average molecular weight is 474 g/mol. The van der Waals surface area contributed by atoms with Crippen LogP contribution in [0.1, 0.15) is 72.0 Å². The van der Waals surface area contributed by atoms with Crippen molar-refractivity contribution in [3.05, 3.63) is 65.2 Å². The monoisotopic (exact) mass is 473 g/mol. The predicted octanol–water partition coefficient (Wildman–Crippen LogP) is 5.09. The van der Waals surface area contributed by atoms with Crippen molar-refractivity contribution in [1.82, 2.24) is 9.80 Å². The first-order valence-electron chi connectivity index (χ1n) is 13.5. The molecule has 0 radical (unpaired) electrons. The molecule has 2 saturated heterocycles. The molecule has 186 valence electrons. The molecule has 2 aromatic rings. The highest BCUT2D eigenvalue weighted by molar-refractivity contribution is 5.89. The van der Waals surface area contributed by atoms with Gasteiger partial charge in [0.25, 0.3) is 0 Å². The van der Waals surface area contributed by atoms with E-state index in [0.29, 0.717) is 17.0 Å². The molecule has 4 fully saturated rings. The number of nitrogens with zero attached hydrogens (tertiary/aromatic N) is 3. The molecular formula is C30H39N3O2. The number of carbonyl (C=O) groups is 1. The molecule has 2 saturated carbocycles. The summed E-state index contributed by atoms with van der Waals surface area (Å²) in [5.74, 6) is 0.538. The Morgan fingerprint density at radius 3 is 2.26 bits per heavy atom. The van der Waals surface area contributed by atoms with E-state index < -0.39 is 0 Å². The lowest BCUT2D eigenvalue weighted by Crippen LogP contribution is -2.59. The zero-order valence-electron chi connectivity index (χ0n) is 21.3. The molecule has 35 heavy (non-hydrogen) atoms. The SMILES string of the molecule is COC(=O)c1ccc(N2CCC3(CC2)CC(N2CCN(C)CC2c2ccccc2C2CC2)C3)cc1. The Bertz CT molecular complexity index is 1050. The number of likely N-dealkylation sites (N-methyl/N-ethyl adjacent to an activating group) is 1. The maximum atomic E-state index is 11.7. The van der Waals surface area contributed by atoms with E-state index in [-0.39, 0.29) is 5.97 Å². The molecule has 5 heteroatoms. The lowest BCUT2D eigenvalue weighted by Gasteiger charge is -2.58. The number of esters is 1. The number of piperidine rings is 1. The Kier molecular flexibility index (Phi) is 6.10. The first-order chi connectivity index (χ1) is 17.0. The summed E-state index contributed by atoms with van der Waals surface area (Å²) < 4.78 is 4.83. The maximum absolute atomic E-state index is 11.7. The van der Waals surface area contributed by atoms with Gasteiger partial charge in [-0.1, -0.05) is 24.3 Å². The molecule has 4 aliphatic rings. The smallest absolute Gasteiger partial charge is 0.337 e. The van der Waals surface area contributed by atoms with Crippen LogP contribution in [0.5, 0.6) is 0 Å². The minimum atomic E-state index is -0.267. The van der Waals surface area contributed by atoms with Gasteiger partial charge in [-0.3, -0.25) is 4.90 Å². The zero-order valence-corrected chi connectivity index (χ0v) is 21.3. The second-order valence-corrected chi connectivity index (χ2v) is 11.5. The third kappa shape index (κ3) is 4.49. The highest BCUT2D eigenvalue weighted by atomic mass is 16.5. The number of hydrogen-bond acceptors (Lipinski definition) is 5. The third-order valence-electron chi connectivity index (χ3n) is 9.28. The summed E-state index contributed by atoms with van der Waals surface area (Å²) in [6.07, 6.45) is 8.00. The number of anilines is 1. The number of piperazine rings is 1. The first kappa shape index (κ1) is 23.1. The van der Waals surface area contributed by atoms with Crippen molar-refractivity contribution in [2.45, 2.75) is 56.5 Å². The Morgan fingerprint density at radius 1 is 0.914 bits per heavy atom. The van der Waals surface area contributed by atoms with Crippen molar-refractivity contribution in [3.8, 4) is 0 Å². The standard InChI is InChI=1S/C30H39N3O2/c1-31-17-18-33(28(21-31)27-6-4-3-5-26(27)22-7-8-22)25-19-30(20-25)13-15-32(16-14-30)24-11-9-23(10-12-24)29(34)35-2/h3-6,9-12,22,25,28H,7-8,13-21H2,1-2H3. The number of hydrogen-bond donors (Lipinski definition) is 0. The lowest BCUT2D eigenvalue weighted by atomic mass is 9.59. The summed E-state index contributed by atoms with van der Waals surface area (Å²) in [4.78, 5) is 19.6. The molecule has 2 heterocycles. The Labute approximate surface area is 210 Å². The third-order valence-corrected chi connectivity index (χ3v) is 9.28. The van der Waals surface area contributed by atoms with Crippen molar-refractivity contribution >= 4 is 11.7 Å². The van der Waals surface area contributed by atoms with Gasteiger partial charge >= 0.3 is 5.97 Å². The van der Waals surface area contributed by atoms with E-state index in [0.717, 1.165) is 31.6 Å². The van der Waals surface area contributed by atoms with Crippen LogP contribution in [0.25, 0.3) is 0 Å². The van der Waals surface area contributed by atoms with Crippen LogP contribution < -0.4 is 4.90 Å². The maximum Gasteiger partial charge on any atom is 0.337 e. The van der Waals surface area contributed by atoms with Crippen molar-refractivity contribution in [1.29, 1.82) is 0 Å². The Morgan fingerprint density at radius 2 is 1.60 bits per heavy atom. The summed E-state index contributed by atoms with van der Waals surface area (Å²) in [5.41, 5.74) is 5.60. The quantitative estimate of drug-likeness (QED) is 0.566. The fourth-order valence-corrected chi connectivity index (χ4v) is 6.98. The molecule has 6 rings (SSSR count). The number of methoxy groups -OCH3 is 1. The highest BCUT2D eigenvalue weighted by Crippen LogP contribution is 2.53. The van der Waals surface area contributed by atoms with Crippen LogP contribution in [-0.4, -0.2) is 68.7 Å². The number of rotatable bonds is 5. The molecule has 2 aliphatic carbocycles. The van der Waals surface area contributed by atoms with Gasteiger partial charge in [-0.15, -0.1) is 0 Å². The minimum Gasteiger partial charge on any atom is -0.465 e. The van der Waals surface area contributed by atoms with Crippen LogP contribution in [-0.2, 0) is 4.74 Å². The molecule has 5 nitrogen and oxygen atoms in total. The molecular weight excluding hydrogens is 434 g/mol. The highest BCUT2D eigenvalue weighted by Gasteiger charge is 2.50. The van der Waals surface area contributed by atoms with Crippen molar-refractivity contribution in [2.24, 2.45) is 5.41 Å². The normalized spacial score (nSPS) is 25.4. The van der Waals surface area contributed by atoms with Crippen LogP contribution in [0.2, 0.25) is 0 Å². The molecule has 0 aromatic heterocycles. The van der Waals surface area contributed by atoms with Crippen LogP contribution >= 0.6 is 0 Å². The Hall–Kier alpha value is -2.37. The van der Waals surface area contributed by atoms with E-state index >= 15 is 0 Å². The van der Waals surface area contributed by atoms with Crippen molar-refractivity contribution in [2.75, 3.05) is 51.8 Å². The number of carbonyl (C=O) groups excluding carboxylic acids is 1. The van der Waals surface area contributed by atoms with E-state index in [2.05, 4.69) is 58.1 Å². The van der Waals surface area contributed by atoms with Crippen LogP contribution in [0.15, 0.2) is 48.5 Å². The molecule has 1 unspecified atom stereocenters. The summed E-state index contributed by atoms with van der Waals surface area (Å²) in [7, 11) is 3.72. The second-order valence-electron chi connectivity index (χ2n) is 11.5. The average Bonchev–Trinajstić information content (AvgIpc) is 3.73. The fourth-order valence-electron chi connectivity index (χ4n) is 6.98. The lowest BCUT2D eigenvalue weighted by molar-refractivity contribution is -0.0583. The molecule has 2 aliphatic heterocycles. The van der Waals surface area contributed by atoms with Gasteiger partial charge in [-0.05, 0) is 92.3 Å². The van der Waals surface area contributed by atoms with Crippen molar-refractivity contribution in [3.63, 3.8) is 0 Å². The second kappa shape index (κ2) is 9.25. The van der Waals surface area contributed by atoms with Crippen LogP contribution in [0.3, 0.4) is 0 Å². The number of benzene rings is 2. The van der Waals surface area contributed by atoms with E-state index in [1.807, 2.05) is 12.1 Å². The van der Waals surface area contributed by atoms with Gasteiger partial charge in [0.15, 0.2) is 0 Å². The van der Waals surface area contributed by atoms with Gasteiger partial charge in [0, 0.05) is 50.5 Å². The van der Waals surface area contributed by atoms with Crippen LogP contribution in [0, 0.1) is 5.41 Å². The van der Waals surface area contributed by atoms with E-state index in [1.165, 1.54) is 64.4 Å². The van der Waals surface area contributed by atoms with Gasteiger partial charge < -0.3 is 14.5 Å². The van der Waals surface area contributed by atoms with E-state index in [4.69, 9.17) is 4.74 Å². The van der Waals surface area contributed by atoms with Crippen LogP contribution in [0.4, 0.5) is 5.69 Å². The first-order valence-corrected chi connectivity index (χ1v) is 13.5. The van der Waals surface area contributed by atoms with Gasteiger partial charge in [-0.2, -0.15) is 0 Å². The number of ether oxygens (including phenoxy) is 1. The fraction of sp³-hybridized carbons (Fsp3) is 0.567. The van der Waals surface area contributed by atoms with Gasteiger partial charge in [-0.25, -0.2) is 4.79 Å². The molecule has 2 aromatic carbocycles. The molecule has 0 bridgehead atoms. The minimum absolute atomic E-state index is 0.267. The van der Waals surface area contributed by atoms with Gasteiger partial charge in [0.05, 0.1) is 12.7 Å². The van der Waals surface area contributed by atoms with E-state index in [1.54, 1.807) is 11.1 Å². The summed E-state index contributed by atoms with van der Waals surface area (Å²) in [5, 5.41) is 0. The van der Waals surface area contributed by atoms with Crippen molar-refractivity contribution < 1.29 is 9.53 Å². The Balaban J connectivity index is 1.10. The van der Waals surface area contributed by atoms with Gasteiger partial charge in [0.1, 0.15) is 0 Å². The largest absolute Gasteiger partial charge is 0.465 e. The predicted molar refractivity (Wildman–Crippen MR) is 140 cm³/mol. The molecule has 1 spiro atoms. The zero-order chi connectivity index (χ0) is 24.0. The summed E-state index contributed by atoms with van der Waals surface area (Å²) >= 11 is 0. The topological polar surface area (TPSA) is 36.0 Å². The summed E-state index contributed by atoms with van der Waals surface area (Å²) in [6.45, 7) is 5.76. The van der Waals surface area contributed by atoms with E-state index in [9.17, 15) is 4.79 Å². The molecule has 0 N–H and O–H groups in total. The van der Waals surface area contributed by atoms with Gasteiger partial charge in [0.2, 0.25) is 0 Å². The summed E-state index contributed by atoms with van der Waals surface area (Å²) in [6, 6.07) is 18.5.